The molecule has 3 aromatic rings. The highest BCUT2D eigenvalue weighted by molar-refractivity contribution is 7.16. The molecule has 0 aliphatic carbocycles. The normalized spacial score (nSPS) is 10.9. The Morgan fingerprint density at radius 3 is 2.56 bits per heavy atom. The van der Waals surface area contributed by atoms with E-state index in [4.69, 9.17) is 10.5 Å². The number of aromatic hydroxyl groups is 1. The summed E-state index contributed by atoms with van der Waals surface area (Å²) in [6.07, 6.45) is 3.20. The third-order valence-electron chi connectivity index (χ3n) is 3.69. The van der Waals surface area contributed by atoms with Gasteiger partial charge in [0.2, 0.25) is 0 Å². The Balaban J connectivity index is 1.76. The first kappa shape index (κ1) is 16.8. The number of hydrogen-bond acceptors (Lipinski definition) is 5. The van der Waals surface area contributed by atoms with E-state index >= 15 is 0 Å². The zero-order valence-corrected chi connectivity index (χ0v) is 14.4. The van der Waals surface area contributed by atoms with Crippen molar-refractivity contribution < 1.29 is 14.6 Å². The molecule has 0 spiro atoms. The maximum atomic E-state index is 12.2. The molecule has 0 unspecified atom stereocenters. The van der Waals surface area contributed by atoms with Crippen molar-refractivity contribution in [2.45, 2.75) is 0 Å². The van der Waals surface area contributed by atoms with Crippen LogP contribution >= 0.6 is 11.3 Å². The van der Waals surface area contributed by atoms with Crippen LogP contribution in [0.15, 0.2) is 60.7 Å². The molecule has 0 atom stereocenters. The highest BCUT2D eigenvalue weighted by Crippen LogP contribution is 2.30. The number of anilines is 1. The molecule has 0 bridgehead atoms. The number of nitrogen functional groups attached to an aromatic ring is 1. The topological polar surface area (TPSA) is 72.5 Å². The zero-order chi connectivity index (χ0) is 17.8. The van der Waals surface area contributed by atoms with E-state index in [1.54, 1.807) is 30.6 Å². The molecule has 126 valence electrons. The molecule has 2 aromatic carbocycles. The fourth-order valence-electron chi connectivity index (χ4n) is 2.36. The molecule has 5 heteroatoms. The van der Waals surface area contributed by atoms with E-state index in [0.29, 0.717) is 5.69 Å². The van der Waals surface area contributed by atoms with E-state index in [1.807, 2.05) is 36.4 Å². The lowest BCUT2D eigenvalue weighted by Gasteiger charge is -2.01. The first-order valence-electron chi connectivity index (χ1n) is 7.62. The van der Waals surface area contributed by atoms with Crippen LogP contribution in [-0.4, -0.2) is 18.0 Å². The zero-order valence-electron chi connectivity index (χ0n) is 13.6. The molecule has 0 fully saturated rings. The van der Waals surface area contributed by atoms with Crippen LogP contribution in [-0.2, 0) is 0 Å². The molecule has 1 heterocycles. The summed E-state index contributed by atoms with van der Waals surface area (Å²) < 4.78 is 5.16. The van der Waals surface area contributed by atoms with Gasteiger partial charge in [0.05, 0.1) is 12.7 Å². The number of hydrogen-bond donors (Lipinski definition) is 2. The second kappa shape index (κ2) is 7.23. The summed E-state index contributed by atoms with van der Waals surface area (Å²) >= 11 is 1.58. The van der Waals surface area contributed by atoms with Gasteiger partial charge in [-0.25, -0.2) is 0 Å². The van der Waals surface area contributed by atoms with Gasteiger partial charge >= 0.3 is 0 Å². The predicted octanol–water partition coefficient (Wildman–Crippen LogP) is 4.61. The van der Waals surface area contributed by atoms with E-state index in [2.05, 4.69) is 0 Å². The number of benzene rings is 2. The Morgan fingerprint density at radius 2 is 1.88 bits per heavy atom. The maximum Gasteiger partial charge on any atom is 0.189 e. The molecule has 3 rings (SSSR count). The van der Waals surface area contributed by atoms with Gasteiger partial charge in [-0.15, -0.1) is 11.3 Å². The van der Waals surface area contributed by atoms with Crippen molar-refractivity contribution in [3.05, 3.63) is 71.1 Å². The number of allylic oxidation sites excluding steroid dienone is 1. The van der Waals surface area contributed by atoms with E-state index in [1.165, 1.54) is 18.2 Å². The van der Waals surface area contributed by atoms with Gasteiger partial charge in [0.15, 0.2) is 5.78 Å². The molecule has 0 saturated carbocycles. The lowest BCUT2D eigenvalue weighted by Crippen LogP contribution is -1.95. The molecule has 0 aliphatic rings. The van der Waals surface area contributed by atoms with Crippen molar-refractivity contribution in [1.29, 1.82) is 0 Å². The monoisotopic (exact) mass is 351 g/mol. The van der Waals surface area contributed by atoms with Gasteiger partial charge in [0, 0.05) is 21.5 Å². The van der Waals surface area contributed by atoms with Gasteiger partial charge in [0.25, 0.3) is 0 Å². The summed E-state index contributed by atoms with van der Waals surface area (Å²) in [6.45, 7) is 0. The van der Waals surface area contributed by atoms with Crippen LogP contribution in [0.25, 0.3) is 16.5 Å². The molecule has 4 nitrogen and oxygen atoms in total. The Kier molecular flexibility index (Phi) is 4.86. The first-order valence-corrected chi connectivity index (χ1v) is 8.43. The standard InChI is InChI=1S/C20H17NO3S/c1-24-15-5-2-13(3-6-15)20-11-8-16(25-20)7-10-18(22)17-9-4-14(21)12-19(17)23/h2-12,23H,21H2,1H3/b10-7+. The number of phenolic OH excluding ortho intramolecular Hbond substituents is 1. The summed E-state index contributed by atoms with van der Waals surface area (Å²) in [6, 6.07) is 16.3. The van der Waals surface area contributed by atoms with Crippen molar-refractivity contribution >= 4 is 28.9 Å². The Labute approximate surface area is 149 Å². The van der Waals surface area contributed by atoms with Crippen LogP contribution in [0.5, 0.6) is 11.5 Å². The molecule has 0 aliphatic heterocycles. The fourth-order valence-corrected chi connectivity index (χ4v) is 3.27. The summed E-state index contributed by atoms with van der Waals surface area (Å²) in [5, 5.41) is 9.81. The third-order valence-corrected chi connectivity index (χ3v) is 4.79. The van der Waals surface area contributed by atoms with Crippen LogP contribution in [0.1, 0.15) is 15.2 Å². The number of carbonyl (C=O) groups excluding carboxylic acids is 1. The van der Waals surface area contributed by atoms with Crippen LogP contribution in [0.4, 0.5) is 5.69 Å². The fraction of sp³-hybridized carbons (Fsp3) is 0.0500. The third kappa shape index (κ3) is 3.89. The lowest BCUT2D eigenvalue weighted by atomic mass is 10.1. The second-order valence-electron chi connectivity index (χ2n) is 5.40. The number of phenols is 1. The molecular weight excluding hydrogens is 334 g/mol. The largest absolute Gasteiger partial charge is 0.507 e. The van der Waals surface area contributed by atoms with E-state index in [0.717, 1.165) is 21.1 Å². The highest BCUT2D eigenvalue weighted by atomic mass is 32.1. The number of ether oxygens (including phenoxy) is 1. The van der Waals surface area contributed by atoms with Gasteiger partial charge in [-0.2, -0.15) is 0 Å². The molecule has 3 N–H and O–H groups in total. The first-order chi connectivity index (χ1) is 12.1. The van der Waals surface area contributed by atoms with Crippen LogP contribution < -0.4 is 10.5 Å². The minimum absolute atomic E-state index is 0.111. The summed E-state index contributed by atoms with van der Waals surface area (Å²) in [7, 11) is 1.64. The van der Waals surface area contributed by atoms with Crippen molar-refractivity contribution in [3.8, 4) is 21.9 Å². The van der Waals surface area contributed by atoms with Crippen molar-refractivity contribution in [3.63, 3.8) is 0 Å². The average molecular weight is 351 g/mol. The molecule has 1 aromatic heterocycles. The Hall–Kier alpha value is -3.05. The summed E-state index contributed by atoms with van der Waals surface area (Å²) in [5.74, 6) is 0.436. The maximum absolute atomic E-state index is 12.2. The number of ketones is 1. The number of carbonyl (C=O) groups is 1. The Bertz CT molecular complexity index is 926. The molecule has 25 heavy (non-hydrogen) atoms. The summed E-state index contributed by atoms with van der Waals surface area (Å²) in [5.41, 5.74) is 7.31. The average Bonchev–Trinajstić information content (AvgIpc) is 3.09. The van der Waals surface area contributed by atoms with E-state index in [-0.39, 0.29) is 17.1 Å². The van der Waals surface area contributed by atoms with Crippen molar-refractivity contribution in [2.24, 2.45) is 0 Å². The van der Waals surface area contributed by atoms with Crippen LogP contribution in [0.3, 0.4) is 0 Å². The predicted molar refractivity (Wildman–Crippen MR) is 102 cm³/mol. The van der Waals surface area contributed by atoms with Gasteiger partial charge < -0.3 is 15.6 Å². The number of rotatable bonds is 5. The number of thiophene rings is 1. The second-order valence-corrected chi connectivity index (χ2v) is 6.52. The lowest BCUT2D eigenvalue weighted by molar-refractivity contribution is 0.104. The van der Waals surface area contributed by atoms with Crippen LogP contribution in [0, 0.1) is 0 Å². The number of methoxy groups -OCH3 is 1. The SMILES string of the molecule is COc1ccc(-c2ccc(/C=C/C(=O)c3ccc(N)cc3O)s2)cc1. The van der Waals surface area contributed by atoms with E-state index in [9.17, 15) is 9.90 Å². The summed E-state index contributed by atoms with van der Waals surface area (Å²) in [4.78, 5) is 14.3. The molecular formula is C20H17NO3S. The molecule has 0 saturated heterocycles. The quantitative estimate of drug-likeness (QED) is 0.400. The van der Waals surface area contributed by atoms with E-state index < -0.39 is 0 Å². The Morgan fingerprint density at radius 1 is 1.12 bits per heavy atom. The van der Waals surface area contributed by atoms with Crippen molar-refractivity contribution in [2.75, 3.05) is 12.8 Å². The number of nitrogens with two attached hydrogens (primary N) is 1. The van der Waals surface area contributed by atoms with Gasteiger partial charge in [-0.1, -0.05) is 0 Å². The minimum Gasteiger partial charge on any atom is -0.507 e. The van der Waals surface area contributed by atoms with Crippen LogP contribution in [0.2, 0.25) is 0 Å². The van der Waals surface area contributed by atoms with Crippen molar-refractivity contribution in [1.82, 2.24) is 0 Å². The van der Waals surface area contributed by atoms with Gasteiger partial charge in [-0.3, -0.25) is 4.79 Å². The van der Waals surface area contributed by atoms with Gasteiger partial charge in [-0.05, 0) is 66.2 Å². The molecule has 0 radical (unpaired) electrons. The highest BCUT2D eigenvalue weighted by Gasteiger charge is 2.08. The van der Waals surface area contributed by atoms with Gasteiger partial charge in [0.1, 0.15) is 11.5 Å². The minimum atomic E-state index is -0.267. The molecule has 0 amide bonds. The smallest absolute Gasteiger partial charge is 0.189 e.